The maximum Gasteiger partial charge on any atom is 0.160 e. The molecule has 11 aromatic rings. The molecule has 282 valence electrons. The minimum absolute atomic E-state index is 0.415. The van der Waals surface area contributed by atoms with Crippen molar-refractivity contribution in [2.45, 2.75) is 5.41 Å². The number of fused-ring (bicyclic) bond motifs is 16. The molecule has 61 heavy (non-hydrogen) atoms. The third-order valence-electron chi connectivity index (χ3n) is 13.3. The number of benzene rings is 10. The maximum atomic E-state index is 5.25. The van der Waals surface area contributed by atoms with Crippen LogP contribution in [0.25, 0.3) is 99.6 Å². The van der Waals surface area contributed by atoms with Crippen LogP contribution in [0.4, 0.5) is 0 Å². The molecule has 0 radical (unpaired) electrons. The first-order valence-corrected chi connectivity index (χ1v) is 21.1. The van der Waals surface area contributed by atoms with Crippen molar-refractivity contribution in [2.75, 3.05) is 0 Å². The summed E-state index contributed by atoms with van der Waals surface area (Å²) in [7, 11) is 0. The molecular weight excluding hydrogens is 737 g/mol. The van der Waals surface area contributed by atoms with Crippen LogP contribution in [0.15, 0.2) is 218 Å². The molecule has 10 aromatic carbocycles. The zero-order chi connectivity index (χ0) is 40.1. The second kappa shape index (κ2) is 13.0. The van der Waals surface area contributed by atoms with Gasteiger partial charge in [-0.1, -0.05) is 200 Å². The van der Waals surface area contributed by atoms with Gasteiger partial charge < -0.3 is 0 Å². The predicted molar refractivity (Wildman–Crippen MR) is 253 cm³/mol. The van der Waals surface area contributed by atoms with Gasteiger partial charge in [-0.25, -0.2) is 9.97 Å². The summed E-state index contributed by atoms with van der Waals surface area (Å²) in [5.74, 6) is 0.712. The quantitative estimate of drug-likeness (QED) is 0.167. The van der Waals surface area contributed by atoms with E-state index in [-0.39, 0.29) is 0 Å². The van der Waals surface area contributed by atoms with Gasteiger partial charge >= 0.3 is 0 Å². The van der Waals surface area contributed by atoms with Crippen LogP contribution in [-0.2, 0) is 5.41 Å². The highest BCUT2D eigenvalue weighted by Crippen LogP contribution is 2.63. The summed E-state index contributed by atoms with van der Waals surface area (Å²) in [6.07, 6.45) is 0. The molecule has 13 rings (SSSR count). The van der Waals surface area contributed by atoms with Crippen LogP contribution in [-0.4, -0.2) is 9.97 Å². The maximum absolute atomic E-state index is 5.25. The standard InChI is InChI=1S/C59H36N2/c1-3-16-37(17-4-1)55-36-56(61-58(60-55)38-18-5-2-6-19-38)40-31-32-44-42-20-7-8-21-43(42)49-26-15-25-41(57(49)50(44)34-40)39-30-33-48-47-24-11-14-29-53(47)59(54(48)35-39)51-27-12-9-22-45(51)46-23-10-13-28-52(46)59/h1-36H. The van der Waals surface area contributed by atoms with E-state index in [1.165, 1.54) is 88.0 Å². The van der Waals surface area contributed by atoms with E-state index in [4.69, 9.17) is 9.97 Å². The molecule has 0 saturated carbocycles. The molecule has 1 spiro atoms. The fourth-order valence-electron chi connectivity index (χ4n) is 10.7. The molecule has 0 saturated heterocycles. The molecule has 0 aliphatic heterocycles. The van der Waals surface area contributed by atoms with Gasteiger partial charge in [0.25, 0.3) is 0 Å². The summed E-state index contributed by atoms with van der Waals surface area (Å²) in [5, 5.41) is 7.42. The Morgan fingerprint density at radius 1 is 0.262 bits per heavy atom. The fraction of sp³-hybridized carbons (Fsp3) is 0.0169. The van der Waals surface area contributed by atoms with Gasteiger partial charge in [0.1, 0.15) is 0 Å². The topological polar surface area (TPSA) is 25.8 Å². The predicted octanol–water partition coefficient (Wildman–Crippen LogP) is 14.9. The minimum Gasteiger partial charge on any atom is -0.228 e. The fourth-order valence-corrected chi connectivity index (χ4v) is 10.7. The smallest absolute Gasteiger partial charge is 0.160 e. The summed E-state index contributed by atoms with van der Waals surface area (Å²) < 4.78 is 0. The van der Waals surface area contributed by atoms with Crippen molar-refractivity contribution in [3.8, 4) is 67.3 Å². The molecule has 1 aromatic heterocycles. The van der Waals surface area contributed by atoms with Crippen molar-refractivity contribution < 1.29 is 0 Å². The highest BCUT2D eigenvalue weighted by Gasteiger charge is 2.51. The minimum atomic E-state index is -0.415. The molecule has 0 unspecified atom stereocenters. The van der Waals surface area contributed by atoms with Crippen LogP contribution in [0, 0.1) is 0 Å². The van der Waals surface area contributed by atoms with Gasteiger partial charge in [0.05, 0.1) is 16.8 Å². The Bertz CT molecular complexity index is 3470. The summed E-state index contributed by atoms with van der Waals surface area (Å²) >= 11 is 0. The summed E-state index contributed by atoms with van der Waals surface area (Å²) in [6.45, 7) is 0. The SMILES string of the molecule is c1ccc(-c2cc(-c3ccc4c5ccccc5c5cccc(-c6ccc7c(c6)C6(c8ccccc8-c8ccccc86)c6ccccc6-7)c5c4c3)nc(-c3ccccc3)n2)cc1. The van der Waals surface area contributed by atoms with Gasteiger partial charge in [-0.05, 0) is 106 Å². The number of aromatic nitrogens is 2. The molecule has 0 fully saturated rings. The Morgan fingerprint density at radius 2 is 0.738 bits per heavy atom. The molecule has 1 heterocycles. The lowest BCUT2D eigenvalue weighted by Crippen LogP contribution is -2.25. The Hall–Kier alpha value is -7.94. The Morgan fingerprint density at radius 3 is 1.39 bits per heavy atom. The van der Waals surface area contributed by atoms with E-state index in [0.717, 1.165) is 28.1 Å². The molecular formula is C59H36N2. The Balaban J connectivity index is 1.08. The van der Waals surface area contributed by atoms with Crippen LogP contribution in [0.5, 0.6) is 0 Å². The van der Waals surface area contributed by atoms with Crippen LogP contribution >= 0.6 is 0 Å². The summed E-state index contributed by atoms with van der Waals surface area (Å²) in [6, 6.07) is 79.9. The van der Waals surface area contributed by atoms with E-state index in [0.29, 0.717) is 5.82 Å². The van der Waals surface area contributed by atoms with E-state index in [9.17, 15) is 0 Å². The second-order valence-corrected chi connectivity index (χ2v) is 16.4. The average Bonchev–Trinajstić information content (AvgIpc) is 3.81. The highest BCUT2D eigenvalue weighted by atomic mass is 14.9. The van der Waals surface area contributed by atoms with Crippen LogP contribution < -0.4 is 0 Å². The molecule has 2 nitrogen and oxygen atoms in total. The van der Waals surface area contributed by atoms with Gasteiger partial charge in [-0.2, -0.15) is 0 Å². The van der Waals surface area contributed by atoms with Crippen molar-refractivity contribution in [1.29, 1.82) is 0 Å². The first-order valence-electron chi connectivity index (χ1n) is 21.1. The second-order valence-electron chi connectivity index (χ2n) is 16.4. The van der Waals surface area contributed by atoms with Gasteiger partial charge in [-0.15, -0.1) is 0 Å². The zero-order valence-electron chi connectivity index (χ0n) is 33.2. The first kappa shape index (κ1) is 34.0. The van der Waals surface area contributed by atoms with E-state index in [1.54, 1.807) is 0 Å². The van der Waals surface area contributed by atoms with Gasteiger partial charge in [0.15, 0.2) is 5.82 Å². The lowest BCUT2D eigenvalue weighted by Gasteiger charge is -2.30. The summed E-state index contributed by atoms with van der Waals surface area (Å²) in [4.78, 5) is 10.4. The van der Waals surface area contributed by atoms with Crippen molar-refractivity contribution in [1.82, 2.24) is 9.97 Å². The molecule has 2 aliphatic carbocycles. The van der Waals surface area contributed by atoms with Crippen molar-refractivity contribution in [3.05, 3.63) is 241 Å². The highest BCUT2D eigenvalue weighted by molar-refractivity contribution is 6.29. The van der Waals surface area contributed by atoms with Crippen molar-refractivity contribution in [3.63, 3.8) is 0 Å². The summed E-state index contributed by atoms with van der Waals surface area (Å²) in [5.41, 5.74) is 17.6. The van der Waals surface area contributed by atoms with Crippen LogP contribution in [0.3, 0.4) is 0 Å². The molecule has 0 bridgehead atoms. The van der Waals surface area contributed by atoms with E-state index >= 15 is 0 Å². The van der Waals surface area contributed by atoms with Crippen LogP contribution in [0.2, 0.25) is 0 Å². The lowest BCUT2D eigenvalue weighted by atomic mass is 9.70. The molecule has 2 aliphatic rings. The number of hydrogen-bond acceptors (Lipinski definition) is 2. The van der Waals surface area contributed by atoms with E-state index in [2.05, 4.69) is 194 Å². The molecule has 0 atom stereocenters. The van der Waals surface area contributed by atoms with E-state index < -0.39 is 5.41 Å². The number of rotatable bonds is 4. The Labute approximate surface area is 354 Å². The monoisotopic (exact) mass is 772 g/mol. The third kappa shape index (κ3) is 4.85. The Kier molecular flexibility index (Phi) is 7.26. The zero-order valence-corrected chi connectivity index (χ0v) is 33.2. The van der Waals surface area contributed by atoms with Gasteiger partial charge in [0, 0.05) is 16.7 Å². The third-order valence-corrected chi connectivity index (χ3v) is 13.3. The van der Waals surface area contributed by atoms with Crippen molar-refractivity contribution in [2.24, 2.45) is 0 Å². The van der Waals surface area contributed by atoms with Crippen LogP contribution in [0.1, 0.15) is 22.3 Å². The molecule has 0 N–H and O–H groups in total. The molecule has 0 amide bonds. The normalized spacial score (nSPS) is 13.0. The number of nitrogens with zero attached hydrogens (tertiary/aromatic N) is 2. The lowest BCUT2D eigenvalue weighted by molar-refractivity contribution is 0.794. The molecule has 2 heteroatoms. The number of hydrogen-bond donors (Lipinski definition) is 0. The van der Waals surface area contributed by atoms with Crippen molar-refractivity contribution >= 4 is 32.3 Å². The van der Waals surface area contributed by atoms with E-state index in [1.807, 2.05) is 24.3 Å². The largest absolute Gasteiger partial charge is 0.228 e. The van der Waals surface area contributed by atoms with Gasteiger partial charge in [0.2, 0.25) is 0 Å². The van der Waals surface area contributed by atoms with Gasteiger partial charge in [-0.3, -0.25) is 0 Å². The average molecular weight is 773 g/mol. The first-order chi connectivity index (χ1) is 30.3.